The van der Waals surface area contributed by atoms with E-state index in [0.29, 0.717) is 37.6 Å². The molecule has 0 aliphatic heterocycles. The van der Waals surface area contributed by atoms with E-state index in [-0.39, 0.29) is 11.7 Å². The fourth-order valence-electron chi connectivity index (χ4n) is 3.05. The first-order valence-corrected chi connectivity index (χ1v) is 10.1. The molecule has 5 nitrogen and oxygen atoms in total. The maximum absolute atomic E-state index is 12.9. The van der Waals surface area contributed by atoms with E-state index in [0.717, 1.165) is 31.2 Å². The Morgan fingerprint density at radius 1 is 0.828 bits per heavy atom. The van der Waals surface area contributed by atoms with Crippen molar-refractivity contribution in [3.63, 3.8) is 0 Å². The van der Waals surface area contributed by atoms with Crippen LogP contribution in [0.1, 0.15) is 42.2 Å². The van der Waals surface area contributed by atoms with Crippen molar-refractivity contribution in [3.05, 3.63) is 83.3 Å². The number of halogens is 1. The standard InChI is InChI=1S/C23H26FN3O2/c24-20-12-10-19(11-13-20)16-17-25-21(28)14-15-23-27-26-22(29-23)9-5-4-8-18-6-2-1-3-7-18/h1-3,6-7,10-13H,4-5,8-9,14-17H2,(H,25,28). The maximum atomic E-state index is 12.9. The highest BCUT2D eigenvalue weighted by molar-refractivity contribution is 5.75. The topological polar surface area (TPSA) is 68.0 Å². The van der Waals surface area contributed by atoms with Crippen molar-refractivity contribution in [1.29, 1.82) is 0 Å². The third-order valence-corrected chi connectivity index (χ3v) is 4.67. The molecule has 1 aromatic heterocycles. The fourth-order valence-corrected chi connectivity index (χ4v) is 3.05. The number of rotatable bonds is 11. The van der Waals surface area contributed by atoms with Crippen LogP contribution in [-0.2, 0) is 30.5 Å². The Bertz CT molecular complexity index is 879. The van der Waals surface area contributed by atoms with Crippen LogP contribution in [0.25, 0.3) is 0 Å². The highest BCUT2D eigenvalue weighted by Crippen LogP contribution is 2.10. The van der Waals surface area contributed by atoms with Crippen LogP contribution in [-0.4, -0.2) is 22.6 Å². The Morgan fingerprint density at radius 3 is 2.24 bits per heavy atom. The number of nitrogens with one attached hydrogen (secondary N) is 1. The minimum Gasteiger partial charge on any atom is -0.425 e. The second kappa shape index (κ2) is 11.1. The zero-order valence-corrected chi connectivity index (χ0v) is 16.4. The molecule has 152 valence electrons. The lowest BCUT2D eigenvalue weighted by atomic mass is 10.1. The summed E-state index contributed by atoms with van der Waals surface area (Å²) in [6.07, 6.45) is 5.25. The van der Waals surface area contributed by atoms with Gasteiger partial charge in [-0.25, -0.2) is 4.39 Å². The number of carbonyl (C=O) groups is 1. The lowest BCUT2D eigenvalue weighted by Crippen LogP contribution is -2.25. The molecule has 1 amide bonds. The molecular weight excluding hydrogens is 369 g/mol. The van der Waals surface area contributed by atoms with E-state index in [1.165, 1.54) is 17.7 Å². The van der Waals surface area contributed by atoms with Crippen LogP contribution in [0, 0.1) is 5.82 Å². The number of hydrogen-bond acceptors (Lipinski definition) is 4. The average molecular weight is 395 g/mol. The Morgan fingerprint density at radius 2 is 1.48 bits per heavy atom. The first kappa shape index (κ1) is 20.7. The fraction of sp³-hybridized carbons (Fsp3) is 0.348. The van der Waals surface area contributed by atoms with E-state index >= 15 is 0 Å². The van der Waals surface area contributed by atoms with Gasteiger partial charge in [-0.15, -0.1) is 10.2 Å². The van der Waals surface area contributed by atoms with Gasteiger partial charge in [-0.05, 0) is 48.9 Å². The summed E-state index contributed by atoms with van der Waals surface area (Å²) in [7, 11) is 0. The zero-order chi connectivity index (χ0) is 20.3. The molecule has 3 aromatic rings. The molecule has 0 aliphatic rings. The highest BCUT2D eigenvalue weighted by Gasteiger charge is 2.09. The summed E-state index contributed by atoms with van der Waals surface area (Å²) in [5, 5.41) is 11.0. The molecule has 29 heavy (non-hydrogen) atoms. The monoisotopic (exact) mass is 395 g/mol. The van der Waals surface area contributed by atoms with Gasteiger partial charge >= 0.3 is 0 Å². The number of carbonyl (C=O) groups excluding carboxylic acids is 1. The van der Waals surface area contributed by atoms with Crippen LogP contribution in [0.15, 0.2) is 59.0 Å². The van der Waals surface area contributed by atoms with Crippen LogP contribution < -0.4 is 5.32 Å². The SMILES string of the molecule is O=C(CCc1nnc(CCCCc2ccccc2)o1)NCCc1ccc(F)cc1. The summed E-state index contributed by atoms with van der Waals surface area (Å²) < 4.78 is 18.5. The smallest absolute Gasteiger partial charge is 0.220 e. The van der Waals surface area contributed by atoms with E-state index in [1.54, 1.807) is 12.1 Å². The molecule has 6 heteroatoms. The van der Waals surface area contributed by atoms with Crippen molar-refractivity contribution in [1.82, 2.24) is 15.5 Å². The Hall–Kier alpha value is -3.02. The Balaban J connectivity index is 1.29. The number of aromatic nitrogens is 2. The van der Waals surface area contributed by atoms with Gasteiger partial charge in [0.05, 0.1) is 0 Å². The van der Waals surface area contributed by atoms with Crippen molar-refractivity contribution in [2.24, 2.45) is 0 Å². The van der Waals surface area contributed by atoms with Gasteiger partial charge < -0.3 is 9.73 Å². The number of amides is 1. The maximum Gasteiger partial charge on any atom is 0.220 e. The molecule has 1 heterocycles. The second-order valence-corrected chi connectivity index (χ2v) is 7.01. The average Bonchev–Trinajstić information content (AvgIpc) is 3.20. The molecule has 0 bridgehead atoms. The minimum absolute atomic E-state index is 0.0604. The molecule has 0 radical (unpaired) electrons. The lowest BCUT2D eigenvalue weighted by molar-refractivity contribution is -0.121. The van der Waals surface area contributed by atoms with Gasteiger partial charge in [0.25, 0.3) is 0 Å². The van der Waals surface area contributed by atoms with Crippen molar-refractivity contribution in [3.8, 4) is 0 Å². The first-order chi connectivity index (χ1) is 14.2. The molecule has 0 fully saturated rings. The van der Waals surface area contributed by atoms with Crippen LogP contribution in [0.5, 0.6) is 0 Å². The molecule has 3 rings (SSSR count). The Kier molecular flexibility index (Phi) is 7.92. The minimum atomic E-state index is -0.257. The molecule has 0 unspecified atom stereocenters. The van der Waals surface area contributed by atoms with Gasteiger partial charge in [0.2, 0.25) is 17.7 Å². The van der Waals surface area contributed by atoms with Crippen molar-refractivity contribution >= 4 is 5.91 Å². The summed E-state index contributed by atoms with van der Waals surface area (Å²) in [6.45, 7) is 0.515. The van der Waals surface area contributed by atoms with Gasteiger partial charge in [0, 0.05) is 25.8 Å². The van der Waals surface area contributed by atoms with Crippen LogP contribution in [0.3, 0.4) is 0 Å². The third-order valence-electron chi connectivity index (χ3n) is 4.67. The predicted octanol–water partition coefficient (Wildman–Crippen LogP) is 4.07. The molecule has 0 saturated carbocycles. The van der Waals surface area contributed by atoms with Gasteiger partial charge in [0.1, 0.15) is 5.82 Å². The van der Waals surface area contributed by atoms with Gasteiger partial charge in [-0.3, -0.25) is 4.79 Å². The van der Waals surface area contributed by atoms with Gasteiger partial charge in [-0.1, -0.05) is 42.5 Å². The van der Waals surface area contributed by atoms with E-state index < -0.39 is 0 Å². The summed E-state index contributed by atoms with van der Waals surface area (Å²) in [5.41, 5.74) is 2.32. The molecule has 1 N–H and O–H groups in total. The molecule has 0 saturated heterocycles. The highest BCUT2D eigenvalue weighted by atomic mass is 19.1. The molecule has 0 aliphatic carbocycles. The van der Waals surface area contributed by atoms with Crippen molar-refractivity contribution < 1.29 is 13.6 Å². The number of nitrogens with zero attached hydrogens (tertiary/aromatic N) is 2. The number of aryl methyl sites for hydroxylation is 3. The Labute approximate surface area is 170 Å². The summed E-state index contributed by atoms with van der Waals surface area (Å²) >= 11 is 0. The van der Waals surface area contributed by atoms with Crippen LogP contribution in [0.4, 0.5) is 4.39 Å². The molecule has 0 spiro atoms. The summed E-state index contributed by atoms with van der Waals surface area (Å²) in [6, 6.07) is 16.7. The van der Waals surface area contributed by atoms with Gasteiger partial charge in [0.15, 0.2) is 0 Å². The normalized spacial score (nSPS) is 10.8. The second-order valence-electron chi connectivity index (χ2n) is 7.01. The number of unbranched alkanes of at least 4 members (excludes halogenated alkanes) is 1. The third kappa shape index (κ3) is 7.49. The lowest BCUT2D eigenvalue weighted by Gasteiger charge is -2.04. The molecule has 2 aromatic carbocycles. The predicted molar refractivity (Wildman–Crippen MR) is 109 cm³/mol. The quantitative estimate of drug-likeness (QED) is 0.497. The van der Waals surface area contributed by atoms with Crippen molar-refractivity contribution in [2.75, 3.05) is 6.54 Å². The zero-order valence-electron chi connectivity index (χ0n) is 16.4. The van der Waals surface area contributed by atoms with Crippen LogP contribution >= 0.6 is 0 Å². The summed E-state index contributed by atoms with van der Waals surface area (Å²) in [5.74, 6) is 0.809. The largest absolute Gasteiger partial charge is 0.425 e. The summed E-state index contributed by atoms with van der Waals surface area (Å²) in [4.78, 5) is 12.0. The number of hydrogen-bond donors (Lipinski definition) is 1. The first-order valence-electron chi connectivity index (χ1n) is 10.1. The van der Waals surface area contributed by atoms with Crippen LogP contribution in [0.2, 0.25) is 0 Å². The van der Waals surface area contributed by atoms with E-state index in [2.05, 4.69) is 39.8 Å². The van der Waals surface area contributed by atoms with E-state index in [1.807, 2.05) is 6.07 Å². The van der Waals surface area contributed by atoms with Crippen molar-refractivity contribution in [2.45, 2.75) is 44.9 Å². The number of benzene rings is 2. The van der Waals surface area contributed by atoms with E-state index in [4.69, 9.17) is 4.42 Å². The van der Waals surface area contributed by atoms with E-state index in [9.17, 15) is 9.18 Å². The molecular formula is C23H26FN3O2. The molecule has 0 atom stereocenters. The van der Waals surface area contributed by atoms with Gasteiger partial charge in [-0.2, -0.15) is 0 Å².